The van der Waals surface area contributed by atoms with Gasteiger partial charge in [0.1, 0.15) is 6.61 Å². The Labute approximate surface area is 193 Å². The van der Waals surface area contributed by atoms with Crippen LogP contribution in [0.5, 0.6) is 0 Å². The molecule has 0 aliphatic heterocycles. The Bertz CT molecular complexity index is 985. The zero-order valence-corrected chi connectivity index (χ0v) is 19.1. The Kier molecular flexibility index (Phi) is 6.74. The molecule has 0 aromatic heterocycles. The number of hydrogen-bond donors (Lipinski definition) is 0. The van der Waals surface area contributed by atoms with Crippen LogP contribution in [0.15, 0.2) is 53.6 Å². The van der Waals surface area contributed by atoms with E-state index in [0.29, 0.717) is 15.6 Å². The van der Waals surface area contributed by atoms with Gasteiger partial charge in [-0.15, -0.1) is 0 Å². The molecule has 0 radical (unpaired) electrons. The summed E-state index contributed by atoms with van der Waals surface area (Å²) in [6, 6.07) is 13.0. The molecular weight excluding hydrogens is 476 g/mol. The molecule has 1 aliphatic rings. The van der Waals surface area contributed by atoms with Crippen molar-refractivity contribution >= 4 is 52.4 Å². The molecule has 1 saturated carbocycles. The first-order valence-corrected chi connectivity index (χ1v) is 10.6. The molecule has 0 saturated heterocycles. The van der Waals surface area contributed by atoms with Gasteiger partial charge in [0.15, 0.2) is 0 Å². The highest BCUT2D eigenvalue weighted by atomic mass is 35.5. The Balaban J connectivity index is 1.76. The molecule has 3 rings (SSSR count). The van der Waals surface area contributed by atoms with Gasteiger partial charge in [0.25, 0.3) is 0 Å². The minimum atomic E-state index is -3.67. The highest BCUT2D eigenvalue weighted by Crippen LogP contribution is 2.60. The lowest BCUT2D eigenvalue weighted by atomic mass is 10.0. The summed E-state index contributed by atoms with van der Waals surface area (Å²) in [4.78, 5) is 12.6. The van der Waals surface area contributed by atoms with Crippen molar-refractivity contribution in [3.63, 3.8) is 0 Å². The fraction of sp³-hybridized carbons (Fsp3) is 0.318. The molecule has 2 aromatic carbocycles. The van der Waals surface area contributed by atoms with Crippen molar-refractivity contribution in [3.8, 4) is 11.1 Å². The normalized spacial score (nSPS) is 20.7. The standard InChI is InChI=1S/C22H18Cl4F2O2/c1-21(2)15(10-17(24)22(26,27)28)18(21)20(29)30-11-14-16(23)9-8-13(19(14)25)12-6-4-3-5-7-12/h3-10,15,18H,11H2,1-2H3. The van der Waals surface area contributed by atoms with Crippen LogP contribution in [0.3, 0.4) is 0 Å². The van der Waals surface area contributed by atoms with Crippen molar-refractivity contribution in [1.29, 1.82) is 0 Å². The van der Waals surface area contributed by atoms with E-state index in [1.165, 1.54) is 0 Å². The highest BCUT2D eigenvalue weighted by molar-refractivity contribution is 6.38. The van der Waals surface area contributed by atoms with Crippen LogP contribution in [-0.2, 0) is 16.1 Å². The fourth-order valence-corrected chi connectivity index (χ4v) is 4.28. The van der Waals surface area contributed by atoms with Crippen LogP contribution in [0.2, 0.25) is 10.0 Å². The molecule has 2 unspecified atom stereocenters. The van der Waals surface area contributed by atoms with Crippen LogP contribution in [0.4, 0.5) is 8.78 Å². The predicted molar refractivity (Wildman–Crippen MR) is 117 cm³/mol. The first-order valence-electron chi connectivity index (χ1n) is 9.08. The van der Waals surface area contributed by atoms with Crippen molar-refractivity contribution in [2.45, 2.75) is 25.8 Å². The van der Waals surface area contributed by atoms with Crippen LogP contribution in [0, 0.1) is 17.3 Å². The number of carbonyl (C=O) groups is 1. The number of alkyl halides is 3. The van der Waals surface area contributed by atoms with Gasteiger partial charge in [-0.1, -0.05) is 91.1 Å². The minimum absolute atomic E-state index is 0.139. The van der Waals surface area contributed by atoms with E-state index in [0.717, 1.165) is 17.2 Å². The van der Waals surface area contributed by atoms with E-state index in [-0.39, 0.29) is 6.61 Å². The van der Waals surface area contributed by atoms with E-state index < -0.39 is 33.6 Å². The molecule has 0 bridgehead atoms. The maximum atomic E-state index is 13.1. The van der Waals surface area contributed by atoms with Crippen molar-refractivity contribution in [3.05, 3.63) is 69.2 Å². The average Bonchev–Trinajstić information content (AvgIpc) is 3.21. The summed E-state index contributed by atoms with van der Waals surface area (Å²) in [6.07, 6.45) is 1.12. The maximum Gasteiger partial charge on any atom is 0.358 e. The summed E-state index contributed by atoms with van der Waals surface area (Å²) < 4.78 is 31.7. The third kappa shape index (κ3) is 4.77. The van der Waals surface area contributed by atoms with E-state index in [9.17, 15) is 13.6 Å². The Morgan fingerprint density at radius 3 is 2.40 bits per heavy atom. The summed E-state index contributed by atoms with van der Waals surface area (Å²) in [7, 11) is 0. The van der Waals surface area contributed by atoms with Gasteiger partial charge in [-0.2, -0.15) is 8.78 Å². The lowest BCUT2D eigenvalue weighted by Gasteiger charge is -2.13. The number of halogens is 6. The zero-order valence-electron chi connectivity index (χ0n) is 16.1. The average molecular weight is 494 g/mol. The third-order valence-electron chi connectivity index (χ3n) is 5.39. The number of esters is 1. The number of rotatable bonds is 6. The monoisotopic (exact) mass is 492 g/mol. The zero-order chi connectivity index (χ0) is 22.3. The Morgan fingerprint density at radius 1 is 1.17 bits per heavy atom. The van der Waals surface area contributed by atoms with Crippen molar-refractivity contribution in [2.24, 2.45) is 17.3 Å². The summed E-state index contributed by atoms with van der Waals surface area (Å²) >= 11 is 23.3. The van der Waals surface area contributed by atoms with Gasteiger partial charge < -0.3 is 4.74 Å². The molecular formula is C22H18Cl4F2O2. The van der Waals surface area contributed by atoms with Gasteiger partial charge in [0, 0.05) is 16.1 Å². The second-order valence-corrected chi connectivity index (χ2v) is 9.37. The number of benzene rings is 2. The second-order valence-electron chi connectivity index (χ2n) is 7.70. The Morgan fingerprint density at radius 2 is 1.80 bits per heavy atom. The lowest BCUT2D eigenvalue weighted by Crippen LogP contribution is -2.11. The summed E-state index contributed by atoms with van der Waals surface area (Å²) in [6.45, 7) is 3.40. The van der Waals surface area contributed by atoms with Gasteiger partial charge in [0.05, 0.1) is 16.0 Å². The van der Waals surface area contributed by atoms with E-state index in [1.807, 2.05) is 30.3 Å². The first kappa shape index (κ1) is 23.3. The van der Waals surface area contributed by atoms with E-state index in [1.54, 1.807) is 26.0 Å². The number of carbonyl (C=O) groups excluding carboxylic acids is 1. The molecule has 2 atom stereocenters. The number of hydrogen-bond acceptors (Lipinski definition) is 2. The lowest BCUT2D eigenvalue weighted by molar-refractivity contribution is -0.147. The molecule has 160 valence electrons. The fourth-order valence-electron chi connectivity index (χ4n) is 3.49. The molecule has 2 aromatic rings. The van der Waals surface area contributed by atoms with E-state index in [4.69, 9.17) is 51.1 Å². The molecule has 1 fully saturated rings. The van der Waals surface area contributed by atoms with Crippen LogP contribution >= 0.6 is 46.4 Å². The SMILES string of the molecule is CC1(C)C(C=C(Cl)C(F)(F)Cl)C1C(=O)OCc1c(Cl)ccc(-c2ccccc2)c1Cl. The quantitative estimate of drug-likeness (QED) is 0.301. The predicted octanol–water partition coefficient (Wildman–Crippen LogP) is 7.93. The molecule has 0 N–H and O–H groups in total. The van der Waals surface area contributed by atoms with Crippen molar-refractivity contribution in [2.75, 3.05) is 0 Å². The first-order chi connectivity index (χ1) is 13.9. The second kappa shape index (κ2) is 8.66. The Hall–Kier alpha value is -1.33. The van der Waals surface area contributed by atoms with Crippen LogP contribution in [-0.4, -0.2) is 11.4 Å². The number of allylic oxidation sites excluding steroid dienone is 2. The molecule has 8 heteroatoms. The minimum Gasteiger partial charge on any atom is -0.460 e. The van der Waals surface area contributed by atoms with Crippen LogP contribution in [0.1, 0.15) is 19.4 Å². The van der Waals surface area contributed by atoms with Gasteiger partial charge >= 0.3 is 11.4 Å². The van der Waals surface area contributed by atoms with Crippen molar-refractivity contribution < 1.29 is 18.3 Å². The van der Waals surface area contributed by atoms with Gasteiger partial charge in [0.2, 0.25) is 0 Å². The molecule has 1 aliphatic carbocycles. The van der Waals surface area contributed by atoms with E-state index >= 15 is 0 Å². The maximum absolute atomic E-state index is 13.1. The number of ether oxygens (including phenoxy) is 1. The van der Waals surface area contributed by atoms with Crippen LogP contribution in [0.25, 0.3) is 11.1 Å². The molecule has 0 amide bonds. The molecule has 2 nitrogen and oxygen atoms in total. The highest BCUT2D eigenvalue weighted by Gasteiger charge is 2.62. The van der Waals surface area contributed by atoms with Gasteiger partial charge in [-0.3, -0.25) is 4.79 Å². The summed E-state index contributed by atoms with van der Waals surface area (Å²) in [5.74, 6) is -1.68. The largest absolute Gasteiger partial charge is 0.460 e. The smallest absolute Gasteiger partial charge is 0.358 e. The van der Waals surface area contributed by atoms with Crippen LogP contribution < -0.4 is 0 Å². The van der Waals surface area contributed by atoms with Gasteiger partial charge in [-0.25, -0.2) is 0 Å². The summed E-state index contributed by atoms with van der Waals surface area (Å²) in [5, 5.41) is -3.73. The van der Waals surface area contributed by atoms with Gasteiger partial charge in [-0.05, 0) is 34.6 Å². The van der Waals surface area contributed by atoms with Crippen molar-refractivity contribution in [1.82, 2.24) is 0 Å². The molecule has 0 spiro atoms. The molecule has 30 heavy (non-hydrogen) atoms. The summed E-state index contributed by atoms with van der Waals surface area (Å²) in [5.41, 5.74) is 1.55. The molecule has 0 heterocycles. The topological polar surface area (TPSA) is 26.3 Å². The van der Waals surface area contributed by atoms with E-state index in [2.05, 4.69) is 0 Å². The third-order valence-corrected chi connectivity index (χ3v) is 6.84.